The third kappa shape index (κ3) is 3.13. The molecular formula is C13H10Br2FN. The van der Waals surface area contributed by atoms with E-state index in [1.165, 1.54) is 6.07 Å². The first-order chi connectivity index (χ1) is 8.18. The van der Waals surface area contributed by atoms with Gasteiger partial charge in [-0.05, 0) is 24.3 Å². The largest absolute Gasteiger partial charge is 0.261 e. The molecule has 1 heterocycles. The minimum Gasteiger partial charge on any atom is -0.261 e. The Hall–Kier alpha value is -0.740. The van der Waals surface area contributed by atoms with Crippen LogP contribution in [0.2, 0.25) is 0 Å². The molecule has 4 heteroatoms. The van der Waals surface area contributed by atoms with Crippen molar-refractivity contribution in [3.05, 3.63) is 64.1 Å². The summed E-state index contributed by atoms with van der Waals surface area (Å²) in [6.07, 6.45) is 2.39. The fraction of sp³-hybridized carbons (Fsp3) is 0.154. The fourth-order valence-electron chi connectivity index (χ4n) is 1.61. The van der Waals surface area contributed by atoms with Crippen LogP contribution in [-0.4, -0.2) is 4.98 Å². The lowest BCUT2D eigenvalue weighted by Crippen LogP contribution is -2.01. The van der Waals surface area contributed by atoms with Crippen molar-refractivity contribution in [1.82, 2.24) is 4.98 Å². The number of hydrogen-bond acceptors (Lipinski definition) is 1. The van der Waals surface area contributed by atoms with Gasteiger partial charge in [-0.2, -0.15) is 0 Å². The molecule has 88 valence electrons. The van der Waals surface area contributed by atoms with Crippen LogP contribution in [0.4, 0.5) is 4.39 Å². The van der Waals surface area contributed by atoms with Crippen molar-refractivity contribution in [2.24, 2.45) is 0 Å². The molecule has 0 saturated heterocycles. The third-order valence-corrected chi connectivity index (χ3v) is 3.90. The minimum absolute atomic E-state index is 0.0898. The zero-order valence-corrected chi connectivity index (χ0v) is 12.1. The van der Waals surface area contributed by atoms with Gasteiger partial charge in [0, 0.05) is 33.2 Å². The van der Waals surface area contributed by atoms with Gasteiger partial charge < -0.3 is 0 Å². The topological polar surface area (TPSA) is 12.9 Å². The quantitative estimate of drug-likeness (QED) is 0.727. The van der Waals surface area contributed by atoms with Crippen LogP contribution in [0.3, 0.4) is 0 Å². The van der Waals surface area contributed by atoms with Gasteiger partial charge in [0.25, 0.3) is 0 Å². The first-order valence-electron chi connectivity index (χ1n) is 5.16. The lowest BCUT2D eigenvalue weighted by molar-refractivity contribution is 0.606. The molecule has 0 spiro atoms. The van der Waals surface area contributed by atoms with Crippen molar-refractivity contribution < 1.29 is 4.39 Å². The van der Waals surface area contributed by atoms with E-state index in [9.17, 15) is 4.39 Å². The number of hydrogen-bond donors (Lipinski definition) is 0. The Morgan fingerprint density at radius 2 is 2.00 bits per heavy atom. The first-order valence-corrected chi connectivity index (χ1v) is 6.87. The van der Waals surface area contributed by atoms with Crippen molar-refractivity contribution in [3.63, 3.8) is 0 Å². The van der Waals surface area contributed by atoms with Crippen molar-refractivity contribution in [2.75, 3.05) is 0 Å². The number of rotatable bonds is 3. The summed E-state index contributed by atoms with van der Waals surface area (Å²) >= 11 is 6.89. The van der Waals surface area contributed by atoms with E-state index in [1.807, 2.05) is 24.3 Å². The van der Waals surface area contributed by atoms with Crippen LogP contribution in [0.5, 0.6) is 0 Å². The molecule has 2 aromatic rings. The maximum absolute atomic E-state index is 13.7. The summed E-state index contributed by atoms with van der Waals surface area (Å²) in [6.45, 7) is 0. The SMILES string of the molecule is Fc1cccc(Br)c1C(Br)Cc1ccccn1. The van der Waals surface area contributed by atoms with Gasteiger partial charge in [-0.15, -0.1) is 0 Å². The van der Waals surface area contributed by atoms with Gasteiger partial charge in [-0.1, -0.05) is 44.0 Å². The normalized spacial score (nSPS) is 12.4. The van der Waals surface area contributed by atoms with Crippen molar-refractivity contribution in [3.8, 4) is 0 Å². The Balaban J connectivity index is 2.23. The van der Waals surface area contributed by atoms with Gasteiger partial charge >= 0.3 is 0 Å². The highest BCUT2D eigenvalue weighted by Gasteiger charge is 2.16. The number of alkyl halides is 1. The summed E-state index contributed by atoms with van der Waals surface area (Å²) < 4.78 is 14.5. The first kappa shape index (κ1) is 12.7. The molecule has 1 aromatic heterocycles. The zero-order chi connectivity index (χ0) is 12.3. The van der Waals surface area contributed by atoms with Crippen LogP contribution >= 0.6 is 31.9 Å². The van der Waals surface area contributed by atoms with E-state index in [-0.39, 0.29) is 10.6 Å². The molecule has 0 aliphatic heterocycles. The van der Waals surface area contributed by atoms with Crippen LogP contribution < -0.4 is 0 Å². The molecule has 0 N–H and O–H groups in total. The number of halogens is 3. The Morgan fingerprint density at radius 1 is 1.18 bits per heavy atom. The van der Waals surface area contributed by atoms with E-state index < -0.39 is 0 Å². The van der Waals surface area contributed by atoms with E-state index in [4.69, 9.17) is 0 Å². The Labute approximate surface area is 116 Å². The Kier molecular flexibility index (Phi) is 4.29. The van der Waals surface area contributed by atoms with Gasteiger partial charge in [0.1, 0.15) is 5.82 Å². The predicted molar refractivity (Wildman–Crippen MR) is 73.7 cm³/mol. The lowest BCUT2D eigenvalue weighted by atomic mass is 10.1. The van der Waals surface area contributed by atoms with E-state index >= 15 is 0 Å². The molecular weight excluding hydrogens is 349 g/mol. The molecule has 0 amide bonds. The molecule has 0 saturated carbocycles. The van der Waals surface area contributed by atoms with Crippen molar-refractivity contribution >= 4 is 31.9 Å². The summed E-state index contributed by atoms with van der Waals surface area (Å²) in [4.78, 5) is 4.15. The lowest BCUT2D eigenvalue weighted by Gasteiger charge is -2.12. The standard InChI is InChI=1S/C13H10Br2FN/c14-10-5-3-6-12(16)13(10)11(15)8-9-4-1-2-7-17-9/h1-7,11H,8H2. The summed E-state index contributed by atoms with van der Waals surface area (Å²) in [5.74, 6) is -0.211. The van der Waals surface area contributed by atoms with Gasteiger partial charge in [0.2, 0.25) is 0 Å². The van der Waals surface area contributed by atoms with Gasteiger partial charge in [0.05, 0.1) is 0 Å². The Morgan fingerprint density at radius 3 is 2.65 bits per heavy atom. The number of benzene rings is 1. The number of aromatic nitrogens is 1. The second kappa shape index (κ2) is 5.74. The monoisotopic (exact) mass is 357 g/mol. The van der Waals surface area contributed by atoms with Crippen LogP contribution in [0.1, 0.15) is 16.1 Å². The Bertz CT molecular complexity index is 482. The van der Waals surface area contributed by atoms with E-state index in [1.54, 1.807) is 12.3 Å². The number of nitrogens with zero attached hydrogens (tertiary/aromatic N) is 1. The molecule has 17 heavy (non-hydrogen) atoms. The van der Waals surface area contributed by atoms with Crippen LogP contribution in [0, 0.1) is 5.82 Å². The van der Waals surface area contributed by atoms with E-state index in [0.717, 1.165) is 10.2 Å². The van der Waals surface area contributed by atoms with Crippen molar-refractivity contribution in [2.45, 2.75) is 11.2 Å². The predicted octanol–water partition coefficient (Wildman–Crippen LogP) is 4.66. The zero-order valence-electron chi connectivity index (χ0n) is 8.91. The molecule has 0 bridgehead atoms. The third-order valence-electron chi connectivity index (χ3n) is 2.43. The maximum atomic E-state index is 13.7. The molecule has 0 radical (unpaired) electrons. The summed E-state index contributed by atoms with van der Waals surface area (Å²) in [5, 5.41) is 0. The maximum Gasteiger partial charge on any atom is 0.128 e. The van der Waals surface area contributed by atoms with Crippen molar-refractivity contribution in [1.29, 1.82) is 0 Å². The van der Waals surface area contributed by atoms with Gasteiger partial charge in [-0.3, -0.25) is 4.98 Å². The molecule has 0 aliphatic rings. The molecule has 0 aliphatic carbocycles. The van der Waals surface area contributed by atoms with E-state index in [0.29, 0.717) is 12.0 Å². The van der Waals surface area contributed by atoms with E-state index in [2.05, 4.69) is 36.8 Å². The second-order valence-corrected chi connectivity index (χ2v) is 5.59. The highest BCUT2D eigenvalue weighted by atomic mass is 79.9. The summed E-state index contributed by atoms with van der Waals surface area (Å²) in [6, 6.07) is 10.7. The molecule has 2 rings (SSSR count). The molecule has 1 nitrogen and oxygen atoms in total. The summed E-state index contributed by atoms with van der Waals surface area (Å²) in [7, 11) is 0. The van der Waals surface area contributed by atoms with Gasteiger partial charge in [0.15, 0.2) is 0 Å². The minimum atomic E-state index is -0.211. The fourth-order valence-corrected chi connectivity index (χ4v) is 3.34. The van der Waals surface area contributed by atoms with Crippen LogP contribution in [-0.2, 0) is 6.42 Å². The molecule has 0 fully saturated rings. The average Bonchev–Trinajstić information content (AvgIpc) is 2.30. The highest BCUT2D eigenvalue weighted by Crippen LogP contribution is 2.33. The summed E-state index contributed by atoms with van der Waals surface area (Å²) in [5.41, 5.74) is 1.57. The molecule has 1 aromatic carbocycles. The average molecular weight is 359 g/mol. The van der Waals surface area contributed by atoms with Crippen LogP contribution in [0.25, 0.3) is 0 Å². The smallest absolute Gasteiger partial charge is 0.128 e. The van der Waals surface area contributed by atoms with Crippen LogP contribution in [0.15, 0.2) is 47.1 Å². The molecule has 1 atom stereocenters. The molecule has 1 unspecified atom stereocenters. The number of pyridine rings is 1. The second-order valence-electron chi connectivity index (χ2n) is 3.63. The van der Waals surface area contributed by atoms with Gasteiger partial charge in [-0.25, -0.2) is 4.39 Å². The highest BCUT2D eigenvalue weighted by molar-refractivity contribution is 9.11.